The third-order valence-electron chi connectivity index (χ3n) is 3.36. The molecule has 0 spiro atoms. The number of rotatable bonds is 4. The molecule has 1 N–H and O–H groups in total. The van der Waals surface area contributed by atoms with Crippen molar-refractivity contribution in [1.82, 2.24) is 4.90 Å². The van der Waals surface area contributed by atoms with Gasteiger partial charge >= 0.3 is 0 Å². The molecule has 1 fully saturated rings. The maximum atomic E-state index is 8.95. The highest BCUT2D eigenvalue weighted by Crippen LogP contribution is 2.14. The van der Waals surface area contributed by atoms with Crippen LogP contribution in [0.4, 0.5) is 0 Å². The van der Waals surface area contributed by atoms with E-state index >= 15 is 0 Å². The van der Waals surface area contributed by atoms with Crippen LogP contribution in [-0.4, -0.2) is 36.2 Å². The van der Waals surface area contributed by atoms with Gasteiger partial charge in [-0.05, 0) is 31.0 Å². The van der Waals surface area contributed by atoms with Crippen molar-refractivity contribution in [3.63, 3.8) is 0 Å². The topological polar surface area (TPSA) is 32.7 Å². The second-order valence-electron chi connectivity index (χ2n) is 4.79. The summed E-state index contributed by atoms with van der Waals surface area (Å²) in [6, 6.07) is 7.96. The number of benzene rings is 1. The molecule has 17 heavy (non-hydrogen) atoms. The number of ether oxygens (including phenoxy) is 1. The fourth-order valence-corrected chi connectivity index (χ4v) is 2.11. The third-order valence-corrected chi connectivity index (χ3v) is 3.36. The van der Waals surface area contributed by atoms with Gasteiger partial charge < -0.3 is 14.7 Å². The van der Waals surface area contributed by atoms with Gasteiger partial charge in [0.2, 0.25) is 0 Å². The Kier molecular flexibility index (Phi) is 4.54. The van der Waals surface area contributed by atoms with Gasteiger partial charge in [-0.3, -0.25) is 0 Å². The SMILES string of the molecule is CN1CCC(OCc2ccc(CO)cc2)CC1. The Morgan fingerprint density at radius 2 is 1.76 bits per heavy atom. The molecule has 1 aromatic carbocycles. The maximum Gasteiger partial charge on any atom is 0.0720 e. The average Bonchev–Trinajstić information content (AvgIpc) is 2.39. The largest absolute Gasteiger partial charge is 0.392 e. The highest BCUT2D eigenvalue weighted by atomic mass is 16.5. The highest BCUT2D eigenvalue weighted by molar-refractivity contribution is 5.21. The minimum Gasteiger partial charge on any atom is -0.392 e. The van der Waals surface area contributed by atoms with Gasteiger partial charge in [0.25, 0.3) is 0 Å². The van der Waals surface area contributed by atoms with E-state index in [2.05, 4.69) is 11.9 Å². The quantitative estimate of drug-likeness (QED) is 0.863. The Morgan fingerprint density at radius 1 is 1.18 bits per heavy atom. The zero-order chi connectivity index (χ0) is 12.1. The van der Waals surface area contributed by atoms with Crippen molar-refractivity contribution in [2.75, 3.05) is 20.1 Å². The number of hydrogen-bond donors (Lipinski definition) is 1. The van der Waals surface area contributed by atoms with Gasteiger partial charge in [-0.1, -0.05) is 24.3 Å². The third kappa shape index (κ3) is 3.80. The minimum absolute atomic E-state index is 0.107. The minimum atomic E-state index is 0.107. The lowest BCUT2D eigenvalue weighted by Gasteiger charge is -2.28. The standard InChI is InChI=1S/C14H21NO2/c1-15-8-6-14(7-9-15)17-11-13-4-2-12(10-16)3-5-13/h2-5,14,16H,6-11H2,1H3. The fraction of sp³-hybridized carbons (Fsp3) is 0.571. The van der Waals surface area contributed by atoms with E-state index in [0.29, 0.717) is 12.7 Å². The molecular formula is C14H21NO2. The van der Waals surface area contributed by atoms with Crippen LogP contribution >= 0.6 is 0 Å². The van der Waals surface area contributed by atoms with Crippen molar-refractivity contribution in [3.05, 3.63) is 35.4 Å². The van der Waals surface area contributed by atoms with Gasteiger partial charge in [0, 0.05) is 13.1 Å². The molecule has 1 aromatic rings. The van der Waals surface area contributed by atoms with E-state index in [1.54, 1.807) is 0 Å². The summed E-state index contributed by atoms with van der Waals surface area (Å²) in [5.41, 5.74) is 2.13. The zero-order valence-corrected chi connectivity index (χ0v) is 10.4. The van der Waals surface area contributed by atoms with Gasteiger partial charge in [0.05, 0.1) is 19.3 Å². The summed E-state index contributed by atoms with van der Waals surface area (Å²) < 4.78 is 5.90. The summed E-state index contributed by atoms with van der Waals surface area (Å²) >= 11 is 0. The number of aliphatic hydroxyl groups excluding tert-OH is 1. The second-order valence-corrected chi connectivity index (χ2v) is 4.79. The Labute approximate surface area is 103 Å². The number of aliphatic hydroxyl groups is 1. The van der Waals surface area contributed by atoms with Gasteiger partial charge in [-0.2, -0.15) is 0 Å². The van der Waals surface area contributed by atoms with Crippen LogP contribution in [0.25, 0.3) is 0 Å². The summed E-state index contributed by atoms with van der Waals surface area (Å²) in [6.45, 7) is 3.05. The Hall–Kier alpha value is -0.900. The van der Waals surface area contributed by atoms with Crippen LogP contribution in [0.3, 0.4) is 0 Å². The maximum absolute atomic E-state index is 8.95. The van der Waals surface area contributed by atoms with E-state index in [1.165, 1.54) is 5.56 Å². The van der Waals surface area contributed by atoms with Crippen LogP contribution in [-0.2, 0) is 18.0 Å². The molecule has 1 aliphatic rings. The molecule has 94 valence electrons. The predicted molar refractivity (Wildman–Crippen MR) is 67.7 cm³/mol. The average molecular weight is 235 g/mol. The fourth-order valence-electron chi connectivity index (χ4n) is 2.11. The summed E-state index contributed by atoms with van der Waals surface area (Å²) in [5, 5.41) is 8.95. The van der Waals surface area contributed by atoms with Crippen molar-refractivity contribution >= 4 is 0 Å². The molecule has 1 heterocycles. The molecule has 2 rings (SSSR count). The normalized spacial score (nSPS) is 18.5. The van der Waals surface area contributed by atoms with Crippen molar-refractivity contribution < 1.29 is 9.84 Å². The van der Waals surface area contributed by atoms with E-state index in [0.717, 1.165) is 31.5 Å². The van der Waals surface area contributed by atoms with Crippen molar-refractivity contribution in [1.29, 1.82) is 0 Å². The first-order valence-electron chi connectivity index (χ1n) is 6.27. The molecule has 0 aromatic heterocycles. The molecule has 0 atom stereocenters. The molecule has 3 heteroatoms. The molecule has 1 saturated heterocycles. The Morgan fingerprint density at radius 3 is 2.35 bits per heavy atom. The van der Waals surface area contributed by atoms with Gasteiger partial charge in [-0.25, -0.2) is 0 Å². The zero-order valence-electron chi connectivity index (χ0n) is 10.4. The van der Waals surface area contributed by atoms with Crippen LogP contribution in [0.1, 0.15) is 24.0 Å². The highest BCUT2D eigenvalue weighted by Gasteiger charge is 2.16. The van der Waals surface area contributed by atoms with Crippen LogP contribution in [0.15, 0.2) is 24.3 Å². The summed E-state index contributed by atoms with van der Waals surface area (Å²) in [5.74, 6) is 0. The molecular weight excluding hydrogens is 214 g/mol. The Bertz CT molecular complexity index is 329. The van der Waals surface area contributed by atoms with Crippen LogP contribution in [0.2, 0.25) is 0 Å². The number of nitrogens with zero attached hydrogens (tertiary/aromatic N) is 1. The first-order valence-corrected chi connectivity index (χ1v) is 6.27. The first kappa shape index (κ1) is 12.6. The van der Waals surface area contributed by atoms with Crippen LogP contribution in [0, 0.1) is 0 Å². The summed E-state index contributed by atoms with van der Waals surface area (Å²) in [4.78, 5) is 2.34. The number of piperidine rings is 1. The molecule has 3 nitrogen and oxygen atoms in total. The molecule has 0 bridgehead atoms. The summed E-state index contributed by atoms with van der Waals surface area (Å²) in [6.07, 6.45) is 2.67. The number of hydrogen-bond acceptors (Lipinski definition) is 3. The van der Waals surface area contributed by atoms with Crippen molar-refractivity contribution in [2.24, 2.45) is 0 Å². The van der Waals surface area contributed by atoms with E-state index in [4.69, 9.17) is 9.84 Å². The van der Waals surface area contributed by atoms with Crippen molar-refractivity contribution in [3.8, 4) is 0 Å². The van der Waals surface area contributed by atoms with Gasteiger partial charge in [0.15, 0.2) is 0 Å². The van der Waals surface area contributed by atoms with E-state index < -0.39 is 0 Å². The molecule has 0 saturated carbocycles. The lowest BCUT2D eigenvalue weighted by Crippen LogP contribution is -2.34. The lowest BCUT2D eigenvalue weighted by atomic mass is 10.1. The predicted octanol–water partition coefficient (Wildman–Crippen LogP) is 1.79. The molecule has 1 aliphatic heterocycles. The monoisotopic (exact) mass is 235 g/mol. The smallest absolute Gasteiger partial charge is 0.0720 e. The van der Waals surface area contributed by atoms with E-state index in [-0.39, 0.29) is 6.61 Å². The van der Waals surface area contributed by atoms with Crippen molar-refractivity contribution in [2.45, 2.75) is 32.2 Å². The molecule has 0 unspecified atom stereocenters. The van der Waals surface area contributed by atoms with Gasteiger partial charge in [0.1, 0.15) is 0 Å². The van der Waals surface area contributed by atoms with E-state index in [1.807, 2.05) is 24.3 Å². The Balaban J connectivity index is 1.77. The molecule has 0 radical (unpaired) electrons. The lowest BCUT2D eigenvalue weighted by molar-refractivity contribution is 0.00212. The molecule has 0 aliphatic carbocycles. The first-order chi connectivity index (χ1) is 8.28. The van der Waals surface area contributed by atoms with Crippen LogP contribution < -0.4 is 0 Å². The summed E-state index contributed by atoms with van der Waals surface area (Å²) in [7, 11) is 2.16. The van der Waals surface area contributed by atoms with Crippen LogP contribution in [0.5, 0.6) is 0 Å². The number of likely N-dealkylation sites (tertiary alicyclic amines) is 1. The van der Waals surface area contributed by atoms with E-state index in [9.17, 15) is 0 Å². The van der Waals surface area contributed by atoms with Gasteiger partial charge in [-0.15, -0.1) is 0 Å². The second kappa shape index (κ2) is 6.15. The molecule has 0 amide bonds.